The number of amides is 4. The first-order chi connectivity index (χ1) is 35.2. The summed E-state index contributed by atoms with van der Waals surface area (Å²) in [5.74, 6) is 1.04. The number of rotatable bonds is 18. The van der Waals surface area contributed by atoms with E-state index in [1.165, 1.54) is 62.5 Å². The quantitative estimate of drug-likeness (QED) is 0.0427. The Kier molecular flexibility index (Phi) is 18.0. The van der Waals surface area contributed by atoms with Gasteiger partial charge in [-0.1, -0.05) is 47.5 Å². The van der Waals surface area contributed by atoms with Gasteiger partial charge < -0.3 is 39.1 Å². The second kappa shape index (κ2) is 24.0. The van der Waals surface area contributed by atoms with Gasteiger partial charge in [-0.2, -0.15) is 16.8 Å². The topological polar surface area (TPSA) is 263 Å². The van der Waals surface area contributed by atoms with Crippen LogP contribution >= 0.6 is 0 Å². The van der Waals surface area contributed by atoms with Gasteiger partial charge in [0.15, 0.2) is 23.0 Å². The lowest BCUT2D eigenvalue weighted by molar-refractivity contribution is 0.0590. The highest BCUT2D eigenvalue weighted by Crippen LogP contribution is 2.41. The van der Waals surface area contributed by atoms with Crippen LogP contribution in [0.3, 0.4) is 0 Å². The first-order valence-electron chi connectivity index (χ1n) is 22.6. The fraction of sp³-hybridized carbons (Fsp3) is 0.269. The molecule has 2 aliphatic rings. The molecule has 6 aromatic carbocycles. The maximum absolute atomic E-state index is 13.7. The molecule has 0 radical (unpaired) electrons. The van der Waals surface area contributed by atoms with E-state index in [1.807, 2.05) is 26.0 Å². The summed E-state index contributed by atoms with van der Waals surface area (Å²) in [4.78, 5) is 57.1. The molecule has 2 heterocycles. The summed E-state index contributed by atoms with van der Waals surface area (Å²) in [6.07, 6.45) is 0. The number of nitrogens with zero attached hydrogens (tertiary/aromatic N) is 2. The molecule has 6 aromatic rings. The van der Waals surface area contributed by atoms with E-state index in [2.05, 4.69) is 10.6 Å². The molecule has 8 rings (SSSR count). The SMILES string of the molecule is COc1ccc(CNCCN2C(=O)c3ccc4c5c(ccc(c35)C2=O)C(=O)N(CCNCc2ccc(OC)c(OC)c2OC)C4=O)c(OC)c1OC.Cc1ccc(S(=O)(=O)O)cc1.Cc1ccc(S(=O)(=O)O)cc1. The molecule has 0 saturated carbocycles. The van der Waals surface area contributed by atoms with Crippen LogP contribution in [0.25, 0.3) is 10.8 Å². The van der Waals surface area contributed by atoms with Gasteiger partial charge in [-0.05, 0) is 74.5 Å². The van der Waals surface area contributed by atoms with E-state index in [-0.39, 0.29) is 45.1 Å². The maximum Gasteiger partial charge on any atom is 0.294 e. The summed E-state index contributed by atoms with van der Waals surface area (Å²) in [7, 11) is 1.18. The highest BCUT2D eigenvalue weighted by Gasteiger charge is 2.39. The van der Waals surface area contributed by atoms with Crippen LogP contribution in [-0.2, 0) is 33.3 Å². The molecule has 22 heteroatoms. The van der Waals surface area contributed by atoms with E-state index >= 15 is 0 Å². The molecule has 0 bridgehead atoms. The predicted molar refractivity (Wildman–Crippen MR) is 272 cm³/mol. The maximum atomic E-state index is 13.7. The zero-order chi connectivity index (χ0) is 54.1. The fourth-order valence-electron chi connectivity index (χ4n) is 8.23. The second-order valence-electron chi connectivity index (χ2n) is 16.5. The number of aryl methyl sites for hydroxylation is 2. The zero-order valence-electron chi connectivity index (χ0n) is 41.8. The van der Waals surface area contributed by atoms with Crippen LogP contribution in [0.2, 0.25) is 0 Å². The van der Waals surface area contributed by atoms with Crippen LogP contribution in [0.4, 0.5) is 0 Å². The molecule has 392 valence electrons. The van der Waals surface area contributed by atoms with Crippen molar-refractivity contribution >= 4 is 54.6 Å². The van der Waals surface area contributed by atoms with Gasteiger partial charge >= 0.3 is 0 Å². The summed E-state index contributed by atoms with van der Waals surface area (Å²) in [5.41, 5.74) is 4.56. The molecule has 0 aliphatic carbocycles. The molecule has 0 aromatic heterocycles. The minimum Gasteiger partial charge on any atom is -0.493 e. The number of ether oxygens (including phenoxy) is 6. The van der Waals surface area contributed by atoms with Gasteiger partial charge in [-0.25, -0.2) is 0 Å². The lowest BCUT2D eigenvalue weighted by atomic mass is 9.86. The third kappa shape index (κ3) is 12.1. The molecule has 0 saturated heterocycles. The monoisotopic (exact) mass is 1060 g/mol. The van der Waals surface area contributed by atoms with Crippen LogP contribution in [0, 0.1) is 13.8 Å². The second-order valence-corrected chi connectivity index (χ2v) is 19.4. The summed E-state index contributed by atoms with van der Waals surface area (Å²) in [6.45, 7) is 5.20. The molecule has 0 spiro atoms. The van der Waals surface area contributed by atoms with Crippen molar-refractivity contribution in [3.05, 3.63) is 142 Å². The van der Waals surface area contributed by atoms with E-state index < -0.39 is 43.9 Å². The van der Waals surface area contributed by atoms with Crippen molar-refractivity contribution in [3.8, 4) is 34.5 Å². The number of nitrogens with one attached hydrogen (secondary N) is 2. The Morgan fingerprint density at radius 1 is 0.419 bits per heavy atom. The van der Waals surface area contributed by atoms with E-state index in [9.17, 15) is 36.0 Å². The predicted octanol–water partition coefficient (Wildman–Crippen LogP) is 6.15. The minimum atomic E-state index is -4.02. The number of carbonyl (C=O) groups excluding carboxylic acids is 4. The highest BCUT2D eigenvalue weighted by molar-refractivity contribution is 7.86. The standard InChI is InChI=1S/C38H40N4O10.2C7H8O3S/c1-47-27-13-7-21(31(49-3)33(27)51-5)19-39-15-17-41-35(43)23-9-11-25-30-26(12-10-24(29(23)30)36(41)44)38(46)42(37(25)45)18-16-40-20-22-8-14-28(48-2)34(52-6)32(22)50-4;2*1-6-2-4-7(5-3-6)11(8,9)10/h7-14,39-40H,15-20H2,1-6H3;2*2-5H,1H3,(H,8,9,10). The first-order valence-corrected chi connectivity index (χ1v) is 25.5. The molecule has 4 amide bonds. The van der Waals surface area contributed by atoms with Crippen LogP contribution in [0.5, 0.6) is 34.5 Å². The molecule has 0 unspecified atom stereocenters. The van der Waals surface area contributed by atoms with Crippen molar-refractivity contribution in [2.24, 2.45) is 0 Å². The van der Waals surface area contributed by atoms with Crippen molar-refractivity contribution in [2.45, 2.75) is 36.7 Å². The molecule has 0 fully saturated rings. The van der Waals surface area contributed by atoms with Gasteiger partial charge in [-0.3, -0.25) is 38.1 Å². The summed E-state index contributed by atoms with van der Waals surface area (Å²) >= 11 is 0. The van der Waals surface area contributed by atoms with E-state index in [0.29, 0.717) is 71.4 Å². The smallest absolute Gasteiger partial charge is 0.294 e. The molecule has 74 heavy (non-hydrogen) atoms. The minimum absolute atomic E-state index is 0.0666. The van der Waals surface area contributed by atoms with E-state index in [0.717, 1.165) is 22.3 Å². The summed E-state index contributed by atoms with van der Waals surface area (Å²) in [5, 5.41) is 7.17. The van der Waals surface area contributed by atoms with Gasteiger partial charge in [0, 0.05) is 83.4 Å². The number of hydrogen-bond acceptors (Lipinski definition) is 16. The molecule has 0 atom stereocenters. The Morgan fingerprint density at radius 2 is 0.716 bits per heavy atom. The van der Waals surface area contributed by atoms with Gasteiger partial charge in [0.2, 0.25) is 11.5 Å². The Morgan fingerprint density at radius 3 is 0.973 bits per heavy atom. The van der Waals surface area contributed by atoms with Crippen molar-refractivity contribution in [1.82, 2.24) is 20.4 Å². The number of imide groups is 2. The Labute approximate surface area is 428 Å². The van der Waals surface area contributed by atoms with E-state index in [4.69, 9.17) is 37.5 Å². The van der Waals surface area contributed by atoms with Crippen LogP contribution in [0.15, 0.2) is 107 Å². The van der Waals surface area contributed by atoms with Crippen molar-refractivity contribution in [2.75, 3.05) is 68.8 Å². The molecule has 4 N–H and O–H groups in total. The third-order valence-corrected chi connectivity index (χ3v) is 13.7. The Hall–Kier alpha value is -7.60. The molecule has 20 nitrogen and oxygen atoms in total. The fourth-order valence-corrected chi connectivity index (χ4v) is 9.19. The first kappa shape index (κ1) is 55.7. The molecular formula is C52H56N4O16S2. The summed E-state index contributed by atoms with van der Waals surface area (Å²) in [6, 6.07) is 25.4. The van der Waals surface area contributed by atoms with Crippen molar-refractivity contribution in [3.63, 3.8) is 0 Å². The largest absolute Gasteiger partial charge is 0.493 e. The lowest BCUT2D eigenvalue weighted by Gasteiger charge is -2.32. The molecule has 2 aliphatic heterocycles. The Bertz CT molecular complexity index is 3020. The van der Waals surface area contributed by atoms with Gasteiger partial charge in [0.25, 0.3) is 43.9 Å². The van der Waals surface area contributed by atoms with Crippen LogP contribution in [-0.4, -0.2) is 128 Å². The van der Waals surface area contributed by atoms with Crippen LogP contribution < -0.4 is 39.1 Å². The van der Waals surface area contributed by atoms with E-state index in [1.54, 1.807) is 74.9 Å². The number of benzene rings is 6. The number of methoxy groups -OCH3 is 6. The Balaban J connectivity index is 0.000000332. The highest BCUT2D eigenvalue weighted by atomic mass is 32.2. The van der Waals surface area contributed by atoms with Crippen LogP contribution in [0.1, 0.15) is 63.7 Å². The van der Waals surface area contributed by atoms with Gasteiger partial charge in [-0.15, -0.1) is 0 Å². The molecular weight excluding hydrogens is 1000 g/mol. The van der Waals surface area contributed by atoms with Crippen molar-refractivity contribution in [1.29, 1.82) is 0 Å². The average Bonchev–Trinajstić information content (AvgIpc) is 3.38. The van der Waals surface area contributed by atoms with Gasteiger partial charge in [0.1, 0.15) is 0 Å². The normalized spacial score (nSPS) is 12.9. The van der Waals surface area contributed by atoms with Gasteiger partial charge in [0.05, 0.1) is 52.4 Å². The lowest BCUT2D eigenvalue weighted by Crippen LogP contribution is -2.46. The third-order valence-electron chi connectivity index (χ3n) is 11.9. The number of carbonyl (C=O) groups is 4. The zero-order valence-corrected chi connectivity index (χ0v) is 43.4. The average molecular weight is 1060 g/mol. The number of hydrogen-bond donors (Lipinski definition) is 4. The summed E-state index contributed by atoms with van der Waals surface area (Å²) < 4.78 is 91.8. The van der Waals surface area contributed by atoms with Crippen molar-refractivity contribution < 1.29 is 73.5 Å².